The van der Waals surface area contributed by atoms with Crippen molar-refractivity contribution in [2.24, 2.45) is 0 Å². The quantitative estimate of drug-likeness (QED) is 0.566. The second kappa shape index (κ2) is 7.54. The Labute approximate surface area is 168 Å². The van der Waals surface area contributed by atoms with Crippen LogP contribution in [0.15, 0.2) is 65.5 Å². The Bertz CT molecular complexity index is 1240. The number of fused-ring (bicyclic) bond motifs is 3. The summed E-state index contributed by atoms with van der Waals surface area (Å²) in [5.41, 5.74) is 2.98. The average Bonchev–Trinajstić information content (AvgIpc) is 3.04. The van der Waals surface area contributed by atoms with Gasteiger partial charge in [-0.3, -0.25) is 14.3 Å². The van der Waals surface area contributed by atoms with E-state index in [1.807, 2.05) is 84.6 Å². The van der Waals surface area contributed by atoms with E-state index >= 15 is 0 Å². The van der Waals surface area contributed by atoms with E-state index in [9.17, 15) is 9.59 Å². The van der Waals surface area contributed by atoms with Crippen molar-refractivity contribution in [2.45, 2.75) is 39.3 Å². The third kappa shape index (κ3) is 3.31. The molecule has 2 aromatic heterocycles. The number of rotatable bonds is 5. The van der Waals surface area contributed by atoms with Crippen molar-refractivity contribution in [1.82, 2.24) is 19.5 Å². The highest BCUT2D eigenvalue weighted by Gasteiger charge is 2.25. The van der Waals surface area contributed by atoms with Gasteiger partial charge < -0.3 is 5.32 Å². The zero-order valence-electron chi connectivity index (χ0n) is 16.8. The van der Waals surface area contributed by atoms with Crippen molar-refractivity contribution in [3.8, 4) is 0 Å². The van der Waals surface area contributed by atoms with Crippen LogP contribution in [-0.4, -0.2) is 20.1 Å². The van der Waals surface area contributed by atoms with Crippen LogP contribution in [0.2, 0.25) is 0 Å². The van der Waals surface area contributed by atoms with Gasteiger partial charge in [0.25, 0.3) is 5.56 Å². The number of carbonyl (C=O) groups excluding carboxylic acids is 1. The normalized spacial score (nSPS) is 13.5. The minimum absolute atomic E-state index is 0.0652. The number of carbonyl (C=O) groups is 1. The van der Waals surface area contributed by atoms with Gasteiger partial charge in [0, 0.05) is 17.1 Å². The van der Waals surface area contributed by atoms with Crippen molar-refractivity contribution in [2.75, 3.05) is 0 Å². The standard InChI is InChI=1S/C23H24N4O2/c1-4-19(23(29)24-16(3)17-10-6-5-7-11-17)27-20-13-9-8-12-18(20)22-25-21(28)14-15(2)26(22)27/h5-14,16,19H,4H2,1-3H3,(H,24,29). The maximum atomic E-state index is 13.3. The topological polar surface area (TPSA) is 68.4 Å². The van der Waals surface area contributed by atoms with Gasteiger partial charge in [0.2, 0.25) is 5.91 Å². The van der Waals surface area contributed by atoms with E-state index < -0.39 is 6.04 Å². The zero-order valence-corrected chi connectivity index (χ0v) is 16.8. The Morgan fingerprint density at radius 2 is 1.79 bits per heavy atom. The van der Waals surface area contributed by atoms with Crippen LogP contribution in [0.25, 0.3) is 16.6 Å². The van der Waals surface area contributed by atoms with Gasteiger partial charge in [0.1, 0.15) is 6.04 Å². The average molecular weight is 388 g/mol. The summed E-state index contributed by atoms with van der Waals surface area (Å²) in [4.78, 5) is 29.5. The molecule has 4 aromatic rings. The van der Waals surface area contributed by atoms with Gasteiger partial charge in [-0.25, -0.2) is 4.52 Å². The number of hydrogen-bond acceptors (Lipinski definition) is 3. The fourth-order valence-electron chi connectivity index (χ4n) is 3.92. The van der Waals surface area contributed by atoms with Crippen molar-refractivity contribution in [1.29, 1.82) is 0 Å². The summed E-state index contributed by atoms with van der Waals surface area (Å²) < 4.78 is 3.84. The maximum Gasteiger partial charge on any atom is 0.273 e. The van der Waals surface area contributed by atoms with E-state index in [2.05, 4.69) is 10.3 Å². The monoisotopic (exact) mass is 388 g/mol. The van der Waals surface area contributed by atoms with Crippen LogP contribution >= 0.6 is 0 Å². The van der Waals surface area contributed by atoms with E-state index in [-0.39, 0.29) is 17.5 Å². The highest BCUT2D eigenvalue weighted by atomic mass is 16.2. The van der Waals surface area contributed by atoms with Gasteiger partial charge in [-0.05, 0) is 38.0 Å². The molecule has 29 heavy (non-hydrogen) atoms. The molecule has 1 N–H and O–H groups in total. The number of nitrogens with one attached hydrogen (secondary N) is 1. The lowest BCUT2D eigenvalue weighted by Gasteiger charge is -2.23. The Morgan fingerprint density at radius 1 is 1.10 bits per heavy atom. The number of aryl methyl sites for hydroxylation is 1. The van der Waals surface area contributed by atoms with Crippen molar-refractivity contribution in [3.05, 3.63) is 82.3 Å². The Kier molecular flexibility index (Phi) is 4.92. The first-order valence-electron chi connectivity index (χ1n) is 9.86. The molecule has 0 saturated heterocycles. The van der Waals surface area contributed by atoms with Crippen LogP contribution in [-0.2, 0) is 4.79 Å². The van der Waals surface area contributed by atoms with E-state index in [1.165, 1.54) is 6.07 Å². The molecule has 0 radical (unpaired) electrons. The van der Waals surface area contributed by atoms with Crippen LogP contribution in [0.1, 0.15) is 43.6 Å². The zero-order chi connectivity index (χ0) is 20.5. The summed E-state index contributed by atoms with van der Waals surface area (Å²) in [5.74, 6) is -0.0652. The van der Waals surface area contributed by atoms with E-state index in [1.54, 1.807) is 0 Å². The number of nitrogens with zero attached hydrogens (tertiary/aromatic N) is 3. The fourth-order valence-corrected chi connectivity index (χ4v) is 3.92. The molecule has 0 bridgehead atoms. The SMILES string of the molecule is CCC(C(=O)NC(C)c1ccccc1)n1c2ccccc2c2nc(=O)cc(C)n21. The number of aromatic nitrogens is 3. The second-order valence-electron chi connectivity index (χ2n) is 7.30. The van der Waals surface area contributed by atoms with Gasteiger partial charge in [-0.1, -0.05) is 49.4 Å². The second-order valence-corrected chi connectivity index (χ2v) is 7.30. The first-order valence-corrected chi connectivity index (χ1v) is 9.86. The molecular formula is C23H24N4O2. The lowest BCUT2D eigenvalue weighted by molar-refractivity contribution is -0.125. The largest absolute Gasteiger partial charge is 0.348 e. The Morgan fingerprint density at radius 3 is 2.52 bits per heavy atom. The minimum Gasteiger partial charge on any atom is -0.348 e. The van der Waals surface area contributed by atoms with Crippen molar-refractivity contribution in [3.63, 3.8) is 0 Å². The molecule has 2 atom stereocenters. The van der Waals surface area contributed by atoms with E-state index in [0.717, 1.165) is 22.2 Å². The highest BCUT2D eigenvalue weighted by Crippen LogP contribution is 2.27. The molecule has 0 spiro atoms. The molecule has 6 heteroatoms. The van der Waals surface area contributed by atoms with Crippen LogP contribution in [0.4, 0.5) is 0 Å². The third-order valence-electron chi connectivity index (χ3n) is 5.33. The summed E-state index contributed by atoms with van der Waals surface area (Å²) in [5, 5.41) is 4.00. The van der Waals surface area contributed by atoms with Crippen LogP contribution in [0.5, 0.6) is 0 Å². The molecule has 148 valence electrons. The number of hydrogen-bond donors (Lipinski definition) is 1. The molecular weight excluding hydrogens is 364 g/mol. The van der Waals surface area contributed by atoms with Gasteiger partial charge in [0.05, 0.1) is 11.6 Å². The van der Waals surface area contributed by atoms with Gasteiger partial charge in [-0.2, -0.15) is 4.98 Å². The van der Waals surface area contributed by atoms with Gasteiger partial charge >= 0.3 is 0 Å². The fraction of sp³-hybridized carbons (Fsp3) is 0.261. The van der Waals surface area contributed by atoms with Crippen LogP contribution in [0, 0.1) is 6.92 Å². The van der Waals surface area contributed by atoms with Gasteiger partial charge in [-0.15, -0.1) is 0 Å². The van der Waals surface area contributed by atoms with Crippen molar-refractivity contribution < 1.29 is 4.79 Å². The first kappa shape index (κ1) is 18.9. The van der Waals surface area contributed by atoms with E-state index in [0.29, 0.717) is 12.1 Å². The molecule has 2 aromatic carbocycles. The number of para-hydroxylation sites is 1. The summed E-state index contributed by atoms with van der Waals surface area (Å²) in [6.45, 7) is 5.83. The molecule has 0 aliphatic rings. The Balaban J connectivity index is 1.83. The summed E-state index contributed by atoms with van der Waals surface area (Å²) in [7, 11) is 0. The summed E-state index contributed by atoms with van der Waals surface area (Å²) in [6.07, 6.45) is 0.604. The van der Waals surface area contributed by atoms with Gasteiger partial charge in [0.15, 0.2) is 5.65 Å². The molecule has 2 heterocycles. The van der Waals surface area contributed by atoms with E-state index in [4.69, 9.17) is 0 Å². The smallest absolute Gasteiger partial charge is 0.273 e. The summed E-state index contributed by atoms with van der Waals surface area (Å²) in [6, 6.07) is 18.6. The first-order chi connectivity index (χ1) is 14.0. The van der Waals surface area contributed by atoms with Crippen LogP contribution < -0.4 is 10.9 Å². The molecule has 6 nitrogen and oxygen atoms in total. The molecule has 0 fully saturated rings. The predicted molar refractivity (Wildman–Crippen MR) is 114 cm³/mol. The van der Waals surface area contributed by atoms with Crippen molar-refractivity contribution >= 4 is 22.5 Å². The summed E-state index contributed by atoms with van der Waals surface area (Å²) >= 11 is 0. The lowest BCUT2D eigenvalue weighted by Crippen LogP contribution is -2.35. The lowest BCUT2D eigenvalue weighted by atomic mass is 10.1. The molecule has 0 aliphatic carbocycles. The minimum atomic E-state index is -0.438. The molecule has 2 unspecified atom stereocenters. The maximum absolute atomic E-state index is 13.3. The highest BCUT2D eigenvalue weighted by molar-refractivity contribution is 5.94. The molecule has 0 saturated carbocycles. The predicted octanol–water partition coefficient (Wildman–Crippen LogP) is 3.79. The number of benzene rings is 2. The Hall–Kier alpha value is -3.41. The third-order valence-corrected chi connectivity index (χ3v) is 5.33. The van der Waals surface area contributed by atoms with Crippen LogP contribution in [0.3, 0.4) is 0 Å². The molecule has 1 amide bonds. The molecule has 4 rings (SSSR count). The molecule has 0 aliphatic heterocycles. The number of amides is 1.